The Hall–Kier alpha value is -4.06. The maximum atomic E-state index is 4.03. The number of hydrogen-bond acceptors (Lipinski definition) is 0. The highest BCUT2D eigenvalue weighted by Gasteiger charge is 2.12. The van der Waals surface area contributed by atoms with Crippen molar-refractivity contribution in [2.24, 2.45) is 0 Å². The van der Waals surface area contributed by atoms with Gasteiger partial charge in [0.1, 0.15) is 0 Å². The summed E-state index contributed by atoms with van der Waals surface area (Å²) >= 11 is 0. The molecule has 7 rings (SSSR count). The average Bonchev–Trinajstić information content (AvgIpc) is 2.90. The quantitative estimate of drug-likeness (QED) is 0.256. The van der Waals surface area contributed by atoms with Crippen molar-refractivity contribution in [2.75, 3.05) is 0 Å². The van der Waals surface area contributed by atoms with E-state index in [0.717, 1.165) is 0 Å². The summed E-state index contributed by atoms with van der Waals surface area (Å²) in [6.45, 7) is 0. The molecule has 0 saturated carbocycles. The van der Waals surface area contributed by atoms with Gasteiger partial charge in [0.05, 0.1) is 0 Å². The van der Waals surface area contributed by atoms with Gasteiger partial charge in [-0.2, -0.15) is 0 Å². The molecule has 6 aromatic carbocycles. The molecule has 1 heterocycles. The van der Waals surface area contributed by atoms with Gasteiger partial charge in [-0.15, -0.1) is 0 Å². The molecule has 1 unspecified atom stereocenters. The minimum atomic E-state index is -0.786. The van der Waals surface area contributed by atoms with E-state index in [9.17, 15) is 0 Å². The van der Waals surface area contributed by atoms with E-state index < -0.39 is 7.69 Å². The van der Waals surface area contributed by atoms with Gasteiger partial charge in [-0.25, -0.2) is 0 Å². The van der Waals surface area contributed by atoms with E-state index in [1.165, 1.54) is 59.0 Å². The summed E-state index contributed by atoms with van der Waals surface area (Å²) in [6.07, 6.45) is 0. The molecule has 0 radical (unpaired) electrons. The second-order valence-electron chi connectivity index (χ2n) is 8.72. The minimum absolute atomic E-state index is 0.786. The summed E-state index contributed by atoms with van der Waals surface area (Å²) in [5, 5.41) is 13.0. The van der Waals surface area contributed by atoms with E-state index in [0.29, 0.717) is 0 Å². The second kappa shape index (κ2) is 7.76. The lowest BCUT2D eigenvalue weighted by Crippen LogP contribution is -1.86. The molecule has 0 aliphatic heterocycles. The van der Waals surface area contributed by atoms with E-state index in [-0.39, 0.29) is 0 Å². The molecule has 2 heteroatoms. The number of aromatic nitrogens is 1. The van der Waals surface area contributed by atoms with E-state index >= 15 is 0 Å². The fourth-order valence-electron chi connectivity index (χ4n) is 5.26. The molecule has 0 spiro atoms. The highest BCUT2D eigenvalue weighted by Crippen LogP contribution is 2.46. The third kappa shape index (κ3) is 2.95. The first-order valence-corrected chi connectivity index (χ1v) is 13.0. The first kappa shape index (κ1) is 19.4. The molecule has 7 aromatic rings. The van der Waals surface area contributed by atoms with Crippen LogP contribution in [-0.2, 0) is 0 Å². The van der Waals surface area contributed by atoms with Gasteiger partial charge in [-0.05, 0) is 64.3 Å². The number of H-pyrrole nitrogens is 1. The molecule has 0 aliphatic carbocycles. The summed E-state index contributed by atoms with van der Waals surface area (Å²) in [5.74, 6) is 0. The fourth-order valence-corrected chi connectivity index (χ4v) is 7.35. The summed E-state index contributed by atoms with van der Waals surface area (Å²) < 4.78 is 4.03. The van der Waals surface area contributed by atoms with Gasteiger partial charge in [-0.1, -0.05) is 103 Å². The van der Waals surface area contributed by atoms with Crippen molar-refractivity contribution in [3.05, 3.63) is 127 Å². The highest BCUT2D eigenvalue weighted by molar-refractivity contribution is 7.58. The van der Waals surface area contributed by atoms with Gasteiger partial charge in [0.2, 0.25) is 0 Å². The zero-order valence-corrected chi connectivity index (χ0v) is 19.5. The van der Waals surface area contributed by atoms with Crippen LogP contribution >= 0.6 is 7.69 Å². The topological polar surface area (TPSA) is 15.8 Å². The van der Waals surface area contributed by atoms with Crippen LogP contribution in [0.15, 0.2) is 127 Å². The van der Waals surface area contributed by atoms with Crippen molar-refractivity contribution in [3.63, 3.8) is 0 Å². The van der Waals surface area contributed by atoms with Crippen LogP contribution < -0.4 is 0 Å². The third-order valence-electron chi connectivity index (χ3n) is 6.79. The Morgan fingerprint density at radius 1 is 0.412 bits per heavy atom. The first-order valence-electron chi connectivity index (χ1n) is 11.6. The summed E-state index contributed by atoms with van der Waals surface area (Å²) in [4.78, 5) is 0. The fraction of sp³-hybridized carbons (Fsp3) is 0. The van der Waals surface area contributed by atoms with Crippen LogP contribution in [0.2, 0.25) is 0 Å². The molecule has 0 aliphatic rings. The number of fused-ring (bicyclic) bond motifs is 9. The number of nitrogens with one attached hydrogen (secondary N) is 1. The van der Waals surface area contributed by atoms with Crippen molar-refractivity contribution in [1.29, 1.82) is 0 Å². The van der Waals surface area contributed by atoms with E-state index in [4.69, 9.17) is 0 Å². The average molecular weight is 452 g/mol. The predicted octanol–water partition coefficient (Wildman–Crippen LogP) is 9.88. The van der Waals surface area contributed by atoms with E-state index in [2.05, 4.69) is 132 Å². The molecule has 34 heavy (non-hydrogen) atoms. The Morgan fingerprint density at radius 3 is 1.76 bits per heavy atom. The van der Waals surface area contributed by atoms with Crippen LogP contribution in [0.1, 0.15) is 0 Å². The number of rotatable bonds is 1. The number of aromatic amines is 1. The van der Waals surface area contributed by atoms with Crippen LogP contribution in [0.5, 0.6) is 0 Å². The standard InChI is InChI=1S/C32H22NP/c1-2-12-24(13-3-1)34-30-17-9-8-16-27(30)28-20-18-22-10-4-6-14-25(22)31(28)32-26-15-7-5-11-23(26)19-21-29(32)33-34/h1-21,33H. The third-order valence-corrected chi connectivity index (χ3v) is 8.94. The summed E-state index contributed by atoms with van der Waals surface area (Å²) in [6, 6.07) is 46.4. The van der Waals surface area contributed by atoms with Gasteiger partial charge in [-0.3, -0.25) is 0 Å². The lowest BCUT2D eigenvalue weighted by Gasteiger charge is -2.14. The highest BCUT2D eigenvalue weighted by atomic mass is 31.1. The lowest BCUT2D eigenvalue weighted by atomic mass is 9.95. The maximum absolute atomic E-state index is 4.03. The van der Waals surface area contributed by atoms with E-state index in [1.807, 2.05) is 0 Å². The molecule has 1 N–H and O–H groups in total. The predicted molar refractivity (Wildman–Crippen MR) is 150 cm³/mol. The number of hydrogen-bond donors (Lipinski definition) is 1. The van der Waals surface area contributed by atoms with Crippen LogP contribution in [0.4, 0.5) is 0 Å². The molecule has 0 bridgehead atoms. The van der Waals surface area contributed by atoms with Gasteiger partial charge < -0.3 is 4.75 Å². The zero-order valence-electron chi connectivity index (χ0n) is 18.6. The molecule has 160 valence electrons. The Labute approximate surface area is 198 Å². The zero-order chi connectivity index (χ0) is 22.5. The molecule has 0 saturated heterocycles. The molecule has 1 nitrogen and oxygen atoms in total. The van der Waals surface area contributed by atoms with Gasteiger partial charge in [0, 0.05) is 26.7 Å². The van der Waals surface area contributed by atoms with Gasteiger partial charge >= 0.3 is 0 Å². The minimum Gasteiger partial charge on any atom is -0.341 e. The summed E-state index contributed by atoms with van der Waals surface area (Å²) in [7, 11) is -0.786. The first-order chi connectivity index (χ1) is 16.9. The molecular weight excluding hydrogens is 429 g/mol. The number of benzene rings is 6. The van der Waals surface area contributed by atoms with Crippen molar-refractivity contribution in [1.82, 2.24) is 4.75 Å². The Balaban J connectivity index is 1.88. The van der Waals surface area contributed by atoms with Crippen LogP contribution in [0.25, 0.3) is 59.0 Å². The Bertz CT molecular complexity index is 1910. The van der Waals surface area contributed by atoms with Crippen LogP contribution in [0.3, 0.4) is 0 Å². The van der Waals surface area contributed by atoms with Crippen molar-refractivity contribution < 1.29 is 0 Å². The largest absolute Gasteiger partial charge is 0.341 e. The molecule has 1 aromatic heterocycles. The molecule has 0 amide bonds. The van der Waals surface area contributed by atoms with Gasteiger partial charge in [0.25, 0.3) is 0 Å². The van der Waals surface area contributed by atoms with Gasteiger partial charge in [0.15, 0.2) is 0 Å². The smallest absolute Gasteiger partial charge is 0.0499 e. The van der Waals surface area contributed by atoms with E-state index in [1.54, 1.807) is 0 Å². The molecular formula is C32H22NP. The van der Waals surface area contributed by atoms with Crippen LogP contribution in [0, 0.1) is 0 Å². The molecule has 0 fully saturated rings. The normalized spacial score (nSPS) is 12.1. The Kier molecular flexibility index (Phi) is 4.43. The monoisotopic (exact) mass is 451 g/mol. The Morgan fingerprint density at radius 2 is 1.00 bits per heavy atom. The van der Waals surface area contributed by atoms with Crippen molar-refractivity contribution in [2.45, 2.75) is 0 Å². The second-order valence-corrected chi connectivity index (χ2v) is 10.6. The summed E-state index contributed by atoms with van der Waals surface area (Å²) in [5.41, 5.74) is 1.20. The SMILES string of the molecule is c1ccc(-p2[nH]c3ccc4ccccc4c3c3c4ccccc4ccc3c3ccccc32)cc1. The van der Waals surface area contributed by atoms with Crippen molar-refractivity contribution in [3.8, 4) is 5.30 Å². The van der Waals surface area contributed by atoms with Crippen molar-refractivity contribution >= 4 is 61.4 Å². The van der Waals surface area contributed by atoms with Crippen LogP contribution in [-0.4, -0.2) is 4.75 Å². The lowest BCUT2D eigenvalue weighted by molar-refractivity contribution is 1.64. The maximum Gasteiger partial charge on any atom is 0.0499 e. The molecule has 1 atom stereocenters.